The van der Waals surface area contributed by atoms with Gasteiger partial charge in [0.05, 0.1) is 43.3 Å². The molecule has 0 bridgehead atoms. The van der Waals surface area contributed by atoms with Crippen molar-refractivity contribution in [2.75, 3.05) is 59.1 Å². The lowest BCUT2D eigenvalue weighted by atomic mass is 9.73. The SMILES string of the molecule is CC[C@]12C=CCN(Cc3ccccc3)C(=O)[C@H]1[C@H]1C(=O)N([C@@H](CO)CC(C)C)C3C(=O)N(CCN4CCOCC4)CC=C[C@@]31O2. The number of carbonyl (C=O) groups excluding carboxylic acids is 3. The summed E-state index contributed by atoms with van der Waals surface area (Å²) in [7, 11) is 0. The number of rotatable bonds is 10. The first kappa shape index (κ1) is 31.9. The second-order valence-electron chi connectivity index (χ2n) is 13.6. The van der Waals surface area contributed by atoms with E-state index in [9.17, 15) is 19.5 Å². The van der Waals surface area contributed by atoms with Gasteiger partial charge in [-0.05, 0) is 24.3 Å². The van der Waals surface area contributed by atoms with Crippen molar-refractivity contribution in [3.8, 4) is 0 Å². The van der Waals surface area contributed by atoms with Gasteiger partial charge in [-0.3, -0.25) is 19.3 Å². The summed E-state index contributed by atoms with van der Waals surface area (Å²) >= 11 is 0. The Bertz CT molecular complexity index is 1310. The lowest BCUT2D eigenvalue weighted by Gasteiger charge is -2.41. The molecule has 3 fully saturated rings. The van der Waals surface area contributed by atoms with Crippen LogP contribution in [0.4, 0.5) is 0 Å². The third-order valence-corrected chi connectivity index (χ3v) is 10.4. The Balaban J connectivity index is 1.40. The van der Waals surface area contributed by atoms with Gasteiger partial charge in [0, 0.05) is 45.8 Å². The molecular formula is C35H48N4O6. The van der Waals surface area contributed by atoms with E-state index >= 15 is 0 Å². The zero-order chi connectivity index (χ0) is 31.8. The molecule has 1 unspecified atom stereocenters. The lowest BCUT2D eigenvalue weighted by molar-refractivity contribution is -0.157. The van der Waals surface area contributed by atoms with E-state index in [4.69, 9.17) is 9.47 Å². The summed E-state index contributed by atoms with van der Waals surface area (Å²) in [6.45, 7) is 11.2. The minimum absolute atomic E-state index is 0.139. The molecule has 5 heterocycles. The van der Waals surface area contributed by atoms with Gasteiger partial charge in [0.1, 0.15) is 11.6 Å². The van der Waals surface area contributed by atoms with Crippen LogP contribution in [0.2, 0.25) is 0 Å². The number of carbonyl (C=O) groups is 3. The number of morpholine rings is 1. The first-order chi connectivity index (χ1) is 21.7. The van der Waals surface area contributed by atoms with Crippen LogP contribution in [0.1, 0.15) is 39.2 Å². The molecule has 10 nitrogen and oxygen atoms in total. The zero-order valence-electron chi connectivity index (χ0n) is 26.8. The third kappa shape index (κ3) is 5.64. The highest BCUT2D eigenvalue weighted by Crippen LogP contribution is 2.59. The molecule has 1 aromatic rings. The first-order valence-electron chi connectivity index (χ1n) is 16.6. The van der Waals surface area contributed by atoms with Crippen LogP contribution in [-0.2, 0) is 30.4 Å². The van der Waals surface area contributed by atoms with Crippen molar-refractivity contribution in [2.24, 2.45) is 17.8 Å². The molecule has 1 spiro atoms. The van der Waals surface area contributed by atoms with Crippen molar-refractivity contribution >= 4 is 17.7 Å². The van der Waals surface area contributed by atoms with Gasteiger partial charge < -0.3 is 29.3 Å². The van der Waals surface area contributed by atoms with Crippen LogP contribution >= 0.6 is 0 Å². The predicted molar refractivity (Wildman–Crippen MR) is 169 cm³/mol. The number of likely N-dealkylation sites (tertiary alicyclic amines) is 1. The second kappa shape index (κ2) is 13.0. The van der Waals surface area contributed by atoms with Gasteiger partial charge in [-0.25, -0.2) is 0 Å². The standard InChI is InChI=1S/C35H48N4O6/c1-4-34-12-8-15-38(23-26-10-6-5-7-11-26)31(41)28(34)29-32(42)39(27(24-40)22-25(2)3)30-33(43)37(14-9-13-35(29,30)45-34)17-16-36-18-20-44-21-19-36/h5-13,25,27-30,40H,4,14-24H2,1-3H3/t27-,28-,29+,30?,34+,35+/m1/s1. The molecule has 3 saturated heterocycles. The molecule has 6 rings (SSSR count). The summed E-state index contributed by atoms with van der Waals surface area (Å²) in [5.41, 5.74) is -1.36. The van der Waals surface area contributed by atoms with Crippen molar-refractivity contribution < 1.29 is 29.0 Å². The number of amides is 3. The van der Waals surface area contributed by atoms with Crippen LogP contribution in [0.25, 0.3) is 0 Å². The van der Waals surface area contributed by atoms with Crippen molar-refractivity contribution in [3.05, 3.63) is 60.2 Å². The van der Waals surface area contributed by atoms with Gasteiger partial charge in [-0.2, -0.15) is 0 Å². The summed E-state index contributed by atoms with van der Waals surface area (Å²) in [6, 6.07) is 8.30. The minimum atomic E-state index is -1.33. The van der Waals surface area contributed by atoms with Crippen molar-refractivity contribution in [2.45, 2.75) is 63.4 Å². The smallest absolute Gasteiger partial charge is 0.249 e. The topological polar surface area (TPSA) is 103 Å². The van der Waals surface area contributed by atoms with Crippen LogP contribution in [0.5, 0.6) is 0 Å². The fourth-order valence-electron chi connectivity index (χ4n) is 8.24. The molecule has 0 radical (unpaired) electrons. The Morgan fingerprint density at radius 1 is 0.911 bits per heavy atom. The molecule has 10 heteroatoms. The quantitative estimate of drug-likeness (QED) is 0.400. The molecule has 0 saturated carbocycles. The van der Waals surface area contributed by atoms with E-state index in [0.717, 1.165) is 18.7 Å². The predicted octanol–water partition coefficient (Wildman–Crippen LogP) is 2.08. The van der Waals surface area contributed by atoms with Gasteiger partial charge in [-0.1, -0.05) is 75.4 Å². The summed E-state index contributed by atoms with van der Waals surface area (Å²) in [5, 5.41) is 10.7. The lowest BCUT2D eigenvalue weighted by Crippen LogP contribution is -2.59. The van der Waals surface area contributed by atoms with Gasteiger partial charge in [0.25, 0.3) is 0 Å². The summed E-state index contributed by atoms with van der Waals surface area (Å²) in [6.07, 6.45) is 8.82. The molecular weight excluding hydrogens is 572 g/mol. The normalized spacial score (nSPS) is 32.5. The van der Waals surface area contributed by atoms with E-state index in [0.29, 0.717) is 58.8 Å². The third-order valence-electron chi connectivity index (χ3n) is 10.4. The Hall–Kier alpha value is -3.05. The molecule has 0 aliphatic carbocycles. The van der Waals surface area contributed by atoms with Crippen LogP contribution in [0, 0.1) is 17.8 Å². The van der Waals surface area contributed by atoms with Crippen LogP contribution in [0.15, 0.2) is 54.6 Å². The summed E-state index contributed by atoms with van der Waals surface area (Å²) in [4.78, 5) is 51.7. The van der Waals surface area contributed by atoms with Gasteiger partial charge >= 0.3 is 0 Å². The Morgan fingerprint density at radius 3 is 2.31 bits per heavy atom. The maximum absolute atomic E-state index is 14.8. The van der Waals surface area contributed by atoms with Crippen LogP contribution < -0.4 is 0 Å². The Kier molecular flexibility index (Phi) is 9.21. The highest BCUT2D eigenvalue weighted by atomic mass is 16.5. The average molecular weight is 621 g/mol. The Labute approximate surface area is 266 Å². The second-order valence-corrected chi connectivity index (χ2v) is 13.6. The largest absolute Gasteiger partial charge is 0.394 e. The maximum atomic E-state index is 14.8. The number of benzene rings is 1. The molecule has 5 aliphatic rings. The molecule has 45 heavy (non-hydrogen) atoms. The molecule has 3 amide bonds. The highest BCUT2D eigenvalue weighted by Gasteiger charge is 2.75. The van der Waals surface area contributed by atoms with Crippen LogP contribution in [-0.4, -0.2) is 125 Å². The number of nitrogens with zero attached hydrogens (tertiary/aromatic N) is 4. The monoisotopic (exact) mass is 620 g/mol. The number of fused-ring (bicyclic) bond motifs is 2. The van der Waals surface area contributed by atoms with Crippen molar-refractivity contribution in [1.29, 1.82) is 0 Å². The molecule has 5 aliphatic heterocycles. The number of hydrogen-bond donors (Lipinski definition) is 1. The van der Waals surface area contributed by atoms with E-state index in [2.05, 4.69) is 4.90 Å². The molecule has 1 N–H and O–H groups in total. The summed E-state index contributed by atoms with van der Waals surface area (Å²) in [5.74, 6) is -2.12. The van der Waals surface area contributed by atoms with Crippen molar-refractivity contribution in [3.63, 3.8) is 0 Å². The number of ether oxygens (including phenoxy) is 2. The number of aliphatic hydroxyl groups is 1. The van der Waals surface area contributed by atoms with Gasteiger partial charge in [-0.15, -0.1) is 0 Å². The van der Waals surface area contributed by atoms with E-state index in [1.54, 1.807) is 9.80 Å². The maximum Gasteiger partial charge on any atom is 0.249 e. The van der Waals surface area contributed by atoms with E-state index < -0.39 is 35.1 Å². The van der Waals surface area contributed by atoms with Gasteiger partial charge in [0.2, 0.25) is 17.7 Å². The van der Waals surface area contributed by atoms with E-state index in [1.165, 1.54) is 0 Å². The average Bonchev–Trinajstić information content (AvgIpc) is 3.35. The number of aliphatic hydroxyl groups excluding tert-OH is 1. The first-order valence-corrected chi connectivity index (χ1v) is 16.6. The number of hydrogen-bond acceptors (Lipinski definition) is 7. The minimum Gasteiger partial charge on any atom is -0.394 e. The van der Waals surface area contributed by atoms with Gasteiger partial charge in [0.15, 0.2) is 0 Å². The molecule has 244 valence electrons. The van der Waals surface area contributed by atoms with Crippen LogP contribution in [0.3, 0.4) is 0 Å². The fraction of sp³-hybridized carbons (Fsp3) is 0.629. The molecule has 1 aromatic carbocycles. The molecule has 6 atom stereocenters. The Morgan fingerprint density at radius 2 is 1.62 bits per heavy atom. The molecule has 0 aromatic heterocycles. The summed E-state index contributed by atoms with van der Waals surface area (Å²) < 4.78 is 12.6. The van der Waals surface area contributed by atoms with E-state index in [1.807, 2.05) is 80.3 Å². The van der Waals surface area contributed by atoms with Crippen molar-refractivity contribution in [1.82, 2.24) is 19.6 Å². The highest BCUT2D eigenvalue weighted by molar-refractivity contribution is 6.00. The fourth-order valence-corrected chi connectivity index (χ4v) is 8.24. The zero-order valence-corrected chi connectivity index (χ0v) is 26.8. The van der Waals surface area contributed by atoms with E-state index in [-0.39, 0.29) is 30.2 Å².